The summed E-state index contributed by atoms with van der Waals surface area (Å²) in [4.78, 5) is 12.0. The molecule has 1 rings (SSSR count). The summed E-state index contributed by atoms with van der Waals surface area (Å²) in [5, 5.41) is 13.0. The molecular weight excluding hydrogens is 309 g/mol. The van der Waals surface area contributed by atoms with Crippen LogP contribution >= 0.6 is 23.2 Å². The van der Waals surface area contributed by atoms with Gasteiger partial charge >= 0.3 is 0 Å². The molecule has 3 nitrogen and oxygen atoms in total. The molecule has 0 aliphatic carbocycles. The number of hydrogen-bond acceptors (Lipinski definition) is 2. The average Bonchev–Trinajstić information content (AvgIpc) is 2.36. The first-order valence-corrected chi connectivity index (χ1v) is 7.54. The van der Waals surface area contributed by atoms with E-state index in [9.17, 15) is 4.79 Å². The van der Waals surface area contributed by atoms with Crippen LogP contribution in [0.25, 0.3) is 6.08 Å². The highest BCUT2D eigenvalue weighted by atomic mass is 35.5. The van der Waals surface area contributed by atoms with Gasteiger partial charge in [0.2, 0.25) is 5.91 Å². The summed E-state index contributed by atoms with van der Waals surface area (Å²) >= 11 is 12.1. The van der Waals surface area contributed by atoms with E-state index in [1.807, 2.05) is 20.8 Å². The van der Waals surface area contributed by atoms with Crippen molar-refractivity contribution in [3.8, 4) is 0 Å². The van der Waals surface area contributed by atoms with Gasteiger partial charge in [-0.1, -0.05) is 50.0 Å². The quantitative estimate of drug-likeness (QED) is 0.804. The summed E-state index contributed by atoms with van der Waals surface area (Å²) < 4.78 is 0. The lowest BCUT2D eigenvalue weighted by Crippen LogP contribution is -2.43. The van der Waals surface area contributed by atoms with E-state index in [2.05, 4.69) is 5.32 Å². The summed E-state index contributed by atoms with van der Waals surface area (Å²) in [7, 11) is 0. The molecule has 0 aliphatic rings. The largest absolute Gasteiger partial charge is 0.396 e. The highest BCUT2D eigenvalue weighted by Gasteiger charge is 2.24. The van der Waals surface area contributed by atoms with Crippen molar-refractivity contribution in [2.45, 2.75) is 33.2 Å². The van der Waals surface area contributed by atoms with Crippen molar-refractivity contribution >= 4 is 35.2 Å². The fourth-order valence-electron chi connectivity index (χ4n) is 1.90. The summed E-state index contributed by atoms with van der Waals surface area (Å²) in [6.45, 7) is 6.08. The standard InChI is InChI=1S/C16H21Cl2NO2/c1-16(2,3)14(9-10-20)19-15(21)8-7-11-12(17)5-4-6-13(11)18/h4-8,14,20H,9-10H2,1-3H3,(H,19,21)/b8-7+. The number of benzene rings is 1. The third-order valence-corrected chi connectivity index (χ3v) is 3.84. The number of nitrogens with one attached hydrogen (secondary N) is 1. The molecule has 5 heteroatoms. The van der Waals surface area contributed by atoms with Gasteiger partial charge in [-0.15, -0.1) is 0 Å². The van der Waals surface area contributed by atoms with E-state index in [0.717, 1.165) is 0 Å². The number of amides is 1. The maximum atomic E-state index is 12.0. The Kier molecular flexibility index (Phi) is 6.72. The molecule has 1 aromatic rings. The van der Waals surface area contributed by atoms with Crippen LogP contribution in [0.5, 0.6) is 0 Å². The number of aliphatic hydroxyl groups excluding tert-OH is 1. The SMILES string of the molecule is CC(C)(C)C(CCO)NC(=O)/C=C/c1c(Cl)cccc1Cl. The molecule has 1 aromatic carbocycles. The summed E-state index contributed by atoms with van der Waals surface area (Å²) in [5.41, 5.74) is 0.485. The van der Waals surface area contributed by atoms with Crippen molar-refractivity contribution in [2.24, 2.45) is 5.41 Å². The smallest absolute Gasteiger partial charge is 0.244 e. The molecule has 2 N–H and O–H groups in total. The Hall–Kier alpha value is -1.03. The van der Waals surface area contributed by atoms with Crippen molar-refractivity contribution in [1.82, 2.24) is 5.32 Å². The molecule has 21 heavy (non-hydrogen) atoms. The number of aliphatic hydroxyl groups is 1. The first kappa shape index (κ1) is 18.0. The summed E-state index contributed by atoms with van der Waals surface area (Å²) in [5.74, 6) is -0.237. The average molecular weight is 330 g/mol. The molecular formula is C16H21Cl2NO2. The first-order chi connectivity index (χ1) is 9.75. The van der Waals surface area contributed by atoms with E-state index in [0.29, 0.717) is 22.0 Å². The Labute approximate surface area is 136 Å². The van der Waals surface area contributed by atoms with Gasteiger partial charge in [0.1, 0.15) is 0 Å². The first-order valence-electron chi connectivity index (χ1n) is 6.79. The van der Waals surface area contributed by atoms with Crippen molar-refractivity contribution in [3.63, 3.8) is 0 Å². The maximum absolute atomic E-state index is 12.0. The van der Waals surface area contributed by atoms with E-state index in [4.69, 9.17) is 28.3 Å². The predicted molar refractivity (Wildman–Crippen MR) is 88.6 cm³/mol. The van der Waals surface area contributed by atoms with Crippen molar-refractivity contribution < 1.29 is 9.90 Å². The van der Waals surface area contributed by atoms with Gasteiger partial charge in [-0.2, -0.15) is 0 Å². The number of carbonyl (C=O) groups excluding carboxylic acids is 1. The van der Waals surface area contributed by atoms with Gasteiger partial charge in [0.25, 0.3) is 0 Å². The van der Waals surface area contributed by atoms with Crippen LogP contribution in [0, 0.1) is 5.41 Å². The minimum Gasteiger partial charge on any atom is -0.396 e. The second-order valence-electron chi connectivity index (χ2n) is 5.91. The van der Waals surface area contributed by atoms with Gasteiger partial charge in [0.15, 0.2) is 0 Å². The van der Waals surface area contributed by atoms with E-state index in [-0.39, 0.29) is 24.0 Å². The number of halogens is 2. The van der Waals surface area contributed by atoms with E-state index < -0.39 is 0 Å². The lowest BCUT2D eigenvalue weighted by Gasteiger charge is -2.30. The second kappa shape index (κ2) is 7.83. The zero-order chi connectivity index (χ0) is 16.0. The molecule has 0 aromatic heterocycles. The Morgan fingerprint density at radius 2 is 1.90 bits per heavy atom. The highest BCUT2D eigenvalue weighted by molar-refractivity contribution is 6.37. The lowest BCUT2D eigenvalue weighted by molar-refractivity contribution is -0.118. The van der Waals surface area contributed by atoms with Crippen LogP contribution in [-0.2, 0) is 4.79 Å². The molecule has 1 amide bonds. The van der Waals surface area contributed by atoms with Crippen LogP contribution in [0.15, 0.2) is 24.3 Å². The fraction of sp³-hybridized carbons (Fsp3) is 0.438. The van der Waals surface area contributed by atoms with E-state index >= 15 is 0 Å². The van der Waals surface area contributed by atoms with Gasteiger partial charge in [-0.3, -0.25) is 4.79 Å². The Morgan fingerprint density at radius 3 is 2.38 bits per heavy atom. The monoisotopic (exact) mass is 329 g/mol. The summed E-state index contributed by atoms with van der Waals surface area (Å²) in [6, 6.07) is 5.07. The molecule has 0 bridgehead atoms. The van der Waals surface area contributed by atoms with Gasteiger partial charge in [-0.05, 0) is 30.0 Å². The summed E-state index contributed by atoms with van der Waals surface area (Å²) in [6.07, 6.45) is 3.51. The molecule has 1 unspecified atom stereocenters. The normalized spacial score (nSPS) is 13.4. The molecule has 0 radical (unpaired) electrons. The van der Waals surface area contributed by atoms with E-state index in [1.54, 1.807) is 24.3 Å². The molecule has 0 saturated carbocycles. The molecule has 1 atom stereocenters. The number of carbonyl (C=O) groups is 1. The third-order valence-electron chi connectivity index (χ3n) is 3.18. The molecule has 0 aliphatic heterocycles. The van der Waals surface area contributed by atoms with Crippen LogP contribution in [0.4, 0.5) is 0 Å². The van der Waals surface area contributed by atoms with Crippen molar-refractivity contribution in [3.05, 3.63) is 39.9 Å². The Bertz CT molecular complexity index is 501. The molecule has 116 valence electrons. The zero-order valence-corrected chi connectivity index (χ0v) is 14.0. The van der Waals surface area contributed by atoms with Crippen LogP contribution in [0.3, 0.4) is 0 Å². The third kappa shape index (κ3) is 5.70. The minimum atomic E-state index is -0.237. The second-order valence-corrected chi connectivity index (χ2v) is 6.72. The zero-order valence-electron chi connectivity index (χ0n) is 12.5. The van der Waals surface area contributed by atoms with Gasteiger partial charge in [0, 0.05) is 34.3 Å². The van der Waals surface area contributed by atoms with Crippen molar-refractivity contribution in [2.75, 3.05) is 6.61 Å². The van der Waals surface area contributed by atoms with E-state index in [1.165, 1.54) is 6.08 Å². The van der Waals surface area contributed by atoms with Crippen LogP contribution < -0.4 is 5.32 Å². The van der Waals surface area contributed by atoms with Gasteiger partial charge in [0.05, 0.1) is 0 Å². The van der Waals surface area contributed by atoms with Gasteiger partial charge < -0.3 is 10.4 Å². The number of hydrogen-bond donors (Lipinski definition) is 2. The molecule has 0 heterocycles. The van der Waals surface area contributed by atoms with Crippen LogP contribution in [0.2, 0.25) is 10.0 Å². The maximum Gasteiger partial charge on any atom is 0.244 e. The molecule has 0 saturated heterocycles. The number of rotatable bonds is 5. The molecule has 0 spiro atoms. The van der Waals surface area contributed by atoms with Crippen LogP contribution in [-0.4, -0.2) is 23.7 Å². The minimum absolute atomic E-state index is 0.0300. The highest BCUT2D eigenvalue weighted by Crippen LogP contribution is 2.25. The van der Waals surface area contributed by atoms with Gasteiger partial charge in [-0.25, -0.2) is 0 Å². The Morgan fingerprint density at radius 1 is 1.33 bits per heavy atom. The fourth-order valence-corrected chi connectivity index (χ4v) is 2.42. The molecule has 0 fully saturated rings. The topological polar surface area (TPSA) is 49.3 Å². The predicted octanol–water partition coefficient (Wildman–Crippen LogP) is 3.92. The lowest BCUT2D eigenvalue weighted by atomic mass is 9.85. The van der Waals surface area contributed by atoms with Crippen molar-refractivity contribution in [1.29, 1.82) is 0 Å². The Balaban J connectivity index is 2.79. The van der Waals surface area contributed by atoms with Crippen LogP contribution in [0.1, 0.15) is 32.8 Å².